The van der Waals surface area contributed by atoms with Crippen LogP contribution >= 0.6 is 0 Å². The maximum Gasteiger partial charge on any atom is 0.237 e. The molecule has 0 bridgehead atoms. The summed E-state index contributed by atoms with van der Waals surface area (Å²) in [5.41, 5.74) is 2.20. The zero-order valence-electron chi connectivity index (χ0n) is 12.1. The lowest BCUT2D eigenvalue weighted by atomic mass is 10.1. The molecule has 4 heteroatoms. The fraction of sp³-hybridized carbons (Fsp3) is 0.294. The van der Waals surface area contributed by atoms with E-state index in [9.17, 15) is 4.79 Å². The van der Waals surface area contributed by atoms with E-state index in [4.69, 9.17) is 6.42 Å². The Kier molecular flexibility index (Phi) is 5.30. The second-order valence-electron chi connectivity index (χ2n) is 4.84. The van der Waals surface area contributed by atoms with Crippen molar-refractivity contribution in [2.45, 2.75) is 19.4 Å². The van der Waals surface area contributed by atoms with Gasteiger partial charge in [0, 0.05) is 11.6 Å². The van der Waals surface area contributed by atoms with Crippen LogP contribution in [0, 0.1) is 12.3 Å². The van der Waals surface area contributed by atoms with Crippen LogP contribution in [0.25, 0.3) is 10.9 Å². The summed E-state index contributed by atoms with van der Waals surface area (Å²) in [4.78, 5) is 16.1. The summed E-state index contributed by atoms with van der Waals surface area (Å²) >= 11 is 0. The smallest absolute Gasteiger partial charge is 0.237 e. The van der Waals surface area contributed by atoms with Crippen molar-refractivity contribution in [3.8, 4) is 12.3 Å². The van der Waals surface area contributed by atoms with Crippen molar-refractivity contribution in [1.82, 2.24) is 15.6 Å². The summed E-state index contributed by atoms with van der Waals surface area (Å²) < 4.78 is 0. The number of nitrogens with one attached hydrogen (secondary N) is 2. The number of terminal acetylenes is 1. The number of benzene rings is 1. The quantitative estimate of drug-likeness (QED) is 0.789. The largest absolute Gasteiger partial charge is 0.344 e. The molecule has 0 saturated carbocycles. The van der Waals surface area contributed by atoms with Crippen LogP contribution in [-0.4, -0.2) is 30.0 Å². The minimum atomic E-state index is -0.263. The highest BCUT2D eigenvalue weighted by atomic mass is 16.2. The number of carbonyl (C=O) groups excluding carboxylic acids is 1. The highest BCUT2D eigenvalue weighted by Gasteiger charge is 2.10. The van der Waals surface area contributed by atoms with Gasteiger partial charge in [0.25, 0.3) is 0 Å². The van der Waals surface area contributed by atoms with Crippen LogP contribution in [-0.2, 0) is 11.2 Å². The number of rotatable bonds is 6. The van der Waals surface area contributed by atoms with Gasteiger partial charge in [0.2, 0.25) is 5.91 Å². The van der Waals surface area contributed by atoms with Gasteiger partial charge in [0.1, 0.15) is 0 Å². The zero-order chi connectivity index (χ0) is 15.1. The topological polar surface area (TPSA) is 54.0 Å². The second-order valence-corrected chi connectivity index (χ2v) is 4.84. The zero-order valence-corrected chi connectivity index (χ0v) is 12.1. The van der Waals surface area contributed by atoms with Gasteiger partial charge in [-0.05, 0) is 31.5 Å². The van der Waals surface area contributed by atoms with E-state index >= 15 is 0 Å². The average molecular weight is 281 g/mol. The van der Waals surface area contributed by atoms with Crippen molar-refractivity contribution in [2.24, 2.45) is 0 Å². The molecule has 4 nitrogen and oxygen atoms in total. The van der Waals surface area contributed by atoms with Gasteiger partial charge in [-0.3, -0.25) is 9.78 Å². The normalized spacial score (nSPS) is 11.8. The lowest BCUT2D eigenvalue weighted by molar-refractivity contribution is -0.122. The van der Waals surface area contributed by atoms with Crippen molar-refractivity contribution >= 4 is 16.8 Å². The lowest BCUT2D eigenvalue weighted by Crippen LogP contribution is -2.42. The first kappa shape index (κ1) is 15.0. The van der Waals surface area contributed by atoms with Crippen LogP contribution in [0.2, 0.25) is 0 Å². The summed E-state index contributed by atoms with van der Waals surface area (Å²) in [6.45, 7) is 2.80. The molecule has 2 N–H and O–H groups in total. The van der Waals surface area contributed by atoms with Crippen LogP contribution in [0.1, 0.15) is 12.5 Å². The van der Waals surface area contributed by atoms with E-state index in [0.29, 0.717) is 6.54 Å². The molecule has 1 unspecified atom stereocenters. The lowest BCUT2D eigenvalue weighted by Gasteiger charge is -2.13. The molecule has 0 aliphatic carbocycles. The molecule has 2 aromatic rings. The molecule has 0 saturated heterocycles. The highest BCUT2D eigenvalue weighted by Crippen LogP contribution is 2.15. The van der Waals surface area contributed by atoms with E-state index in [1.165, 1.54) is 5.56 Å². The third-order valence-electron chi connectivity index (χ3n) is 3.32. The standard InChI is InChI=1S/C17H19N3O/c1-3-10-20-17(21)13(2)18-12-9-15-7-4-6-14-8-5-11-19-16(14)15/h1,4-8,11,13,18H,9-10,12H2,2H3,(H,20,21). The van der Waals surface area contributed by atoms with E-state index in [0.717, 1.165) is 17.3 Å². The van der Waals surface area contributed by atoms with Gasteiger partial charge in [-0.25, -0.2) is 0 Å². The molecule has 1 atom stereocenters. The predicted octanol–water partition coefficient (Wildman–Crippen LogP) is 1.50. The number of fused-ring (bicyclic) bond motifs is 1. The Bertz CT molecular complexity index is 655. The van der Waals surface area contributed by atoms with E-state index in [-0.39, 0.29) is 18.5 Å². The summed E-state index contributed by atoms with van der Waals surface area (Å²) in [5, 5.41) is 6.99. The van der Waals surface area contributed by atoms with Crippen molar-refractivity contribution in [2.75, 3.05) is 13.1 Å². The number of aromatic nitrogens is 1. The monoisotopic (exact) mass is 281 g/mol. The second kappa shape index (κ2) is 7.41. The summed E-state index contributed by atoms with van der Waals surface area (Å²) in [5.74, 6) is 2.31. The van der Waals surface area contributed by atoms with Gasteiger partial charge < -0.3 is 10.6 Å². The number of amides is 1. The maximum absolute atomic E-state index is 11.7. The number of carbonyl (C=O) groups is 1. The average Bonchev–Trinajstić information content (AvgIpc) is 2.52. The van der Waals surface area contributed by atoms with Crippen LogP contribution in [0.4, 0.5) is 0 Å². The van der Waals surface area contributed by atoms with E-state index in [1.807, 2.05) is 19.1 Å². The maximum atomic E-state index is 11.7. The summed E-state index contributed by atoms with van der Waals surface area (Å²) in [6.07, 6.45) is 7.74. The third-order valence-corrected chi connectivity index (χ3v) is 3.32. The van der Waals surface area contributed by atoms with Crippen molar-refractivity contribution in [3.63, 3.8) is 0 Å². The molecule has 2 rings (SSSR count). The molecule has 0 radical (unpaired) electrons. The minimum Gasteiger partial charge on any atom is -0.344 e. The van der Waals surface area contributed by atoms with Crippen LogP contribution in [0.15, 0.2) is 36.5 Å². The SMILES string of the molecule is C#CCNC(=O)C(C)NCCc1cccc2cccnc12. The summed E-state index contributed by atoms with van der Waals surface area (Å²) in [6, 6.07) is 9.87. The first-order chi connectivity index (χ1) is 10.2. The molecule has 0 fully saturated rings. The Morgan fingerprint density at radius 2 is 2.19 bits per heavy atom. The first-order valence-electron chi connectivity index (χ1n) is 6.99. The van der Waals surface area contributed by atoms with Crippen LogP contribution in [0.3, 0.4) is 0 Å². The predicted molar refractivity (Wildman–Crippen MR) is 84.8 cm³/mol. The number of nitrogens with zero attached hydrogens (tertiary/aromatic N) is 1. The van der Waals surface area contributed by atoms with Gasteiger partial charge >= 0.3 is 0 Å². The number of hydrogen-bond acceptors (Lipinski definition) is 3. The molecule has 1 aromatic carbocycles. The van der Waals surface area contributed by atoms with Gasteiger partial charge in [-0.15, -0.1) is 6.42 Å². The molecular formula is C17H19N3O. The minimum absolute atomic E-state index is 0.0796. The van der Waals surface area contributed by atoms with Gasteiger partial charge in [-0.2, -0.15) is 0 Å². The first-order valence-corrected chi connectivity index (χ1v) is 6.99. The van der Waals surface area contributed by atoms with Crippen LogP contribution < -0.4 is 10.6 Å². The van der Waals surface area contributed by atoms with Crippen molar-refractivity contribution < 1.29 is 4.79 Å². The molecule has 0 aliphatic rings. The molecule has 21 heavy (non-hydrogen) atoms. The van der Waals surface area contributed by atoms with Crippen molar-refractivity contribution in [3.05, 3.63) is 42.1 Å². The van der Waals surface area contributed by atoms with Crippen LogP contribution in [0.5, 0.6) is 0 Å². The van der Waals surface area contributed by atoms with Gasteiger partial charge in [-0.1, -0.05) is 30.2 Å². The highest BCUT2D eigenvalue weighted by molar-refractivity contribution is 5.82. The Labute approximate surface area is 125 Å². The Morgan fingerprint density at radius 3 is 3.00 bits per heavy atom. The fourth-order valence-electron chi connectivity index (χ4n) is 2.18. The number of pyridine rings is 1. The van der Waals surface area contributed by atoms with Gasteiger partial charge in [0.15, 0.2) is 0 Å². The molecular weight excluding hydrogens is 262 g/mol. The fourth-order valence-corrected chi connectivity index (χ4v) is 2.18. The van der Waals surface area contributed by atoms with E-state index in [1.54, 1.807) is 6.20 Å². The molecule has 0 spiro atoms. The van der Waals surface area contributed by atoms with Gasteiger partial charge in [0.05, 0.1) is 18.1 Å². The molecule has 1 amide bonds. The van der Waals surface area contributed by atoms with Crippen molar-refractivity contribution in [1.29, 1.82) is 0 Å². The van der Waals surface area contributed by atoms with E-state index < -0.39 is 0 Å². The third kappa shape index (κ3) is 4.04. The Morgan fingerprint density at radius 1 is 1.38 bits per heavy atom. The Balaban J connectivity index is 1.91. The molecule has 108 valence electrons. The molecule has 1 heterocycles. The number of hydrogen-bond donors (Lipinski definition) is 2. The Hall–Kier alpha value is -2.38. The molecule has 0 aliphatic heterocycles. The molecule has 1 aromatic heterocycles. The number of para-hydroxylation sites is 1. The summed E-state index contributed by atoms with van der Waals surface area (Å²) in [7, 11) is 0. The van der Waals surface area contributed by atoms with E-state index in [2.05, 4.69) is 39.7 Å².